The van der Waals surface area contributed by atoms with E-state index in [0.717, 1.165) is 17.4 Å². The first-order valence-electron chi connectivity index (χ1n) is 9.32. The summed E-state index contributed by atoms with van der Waals surface area (Å²) in [6, 6.07) is 7.51. The second-order valence-corrected chi connectivity index (χ2v) is 7.26. The Morgan fingerprint density at radius 2 is 2.03 bits per heavy atom. The molecule has 1 aliphatic rings. The number of ether oxygens (including phenoxy) is 2. The zero-order chi connectivity index (χ0) is 21.5. The van der Waals surface area contributed by atoms with Crippen LogP contribution in [-0.2, 0) is 4.79 Å². The van der Waals surface area contributed by atoms with Crippen molar-refractivity contribution in [1.82, 2.24) is 15.2 Å². The molecule has 2 radical (unpaired) electrons. The number of aromatic nitrogens is 3. The molecule has 3 heterocycles. The van der Waals surface area contributed by atoms with Crippen LogP contribution in [0.25, 0.3) is 10.9 Å². The van der Waals surface area contributed by atoms with E-state index in [4.69, 9.17) is 17.3 Å². The van der Waals surface area contributed by atoms with Gasteiger partial charge in [-0.05, 0) is 19.1 Å². The van der Waals surface area contributed by atoms with E-state index in [2.05, 4.69) is 26.6 Å². The predicted molar refractivity (Wildman–Crippen MR) is 116 cm³/mol. The number of benzene rings is 1. The summed E-state index contributed by atoms with van der Waals surface area (Å²) in [5.74, 6) is 1.21. The van der Waals surface area contributed by atoms with E-state index in [1.54, 1.807) is 18.3 Å². The van der Waals surface area contributed by atoms with Gasteiger partial charge in [0.2, 0.25) is 5.91 Å². The molecule has 0 spiro atoms. The molecule has 0 saturated carbocycles. The summed E-state index contributed by atoms with van der Waals surface area (Å²) in [5, 5.41) is 20.1. The minimum absolute atomic E-state index is 0.127. The van der Waals surface area contributed by atoms with Crippen LogP contribution in [-0.4, -0.2) is 47.9 Å². The van der Waals surface area contributed by atoms with Gasteiger partial charge in [-0.2, -0.15) is 10.4 Å². The molecule has 8 nitrogen and oxygen atoms in total. The Kier molecular flexibility index (Phi) is 7.19. The molecule has 30 heavy (non-hydrogen) atoms. The number of nitriles is 1. The molecule has 0 unspecified atom stereocenters. The van der Waals surface area contributed by atoms with Crippen molar-refractivity contribution in [3.63, 3.8) is 0 Å². The third kappa shape index (κ3) is 5.05. The number of nitrogens with zero attached hydrogens (tertiary/aromatic N) is 3. The van der Waals surface area contributed by atoms with Crippen molar-refractivity contribution in [1.29, 1.82) is 5.26 Å². The number of nitrogens with one attached hydrogen (secondary N) is 2. The van der Waals surface area contributed by atoms with E-state index >= 15 is 0 Å². The second-order valence-electron chi connectivity index (χ2n) is 6.30. The van der Waals surface area contributed by atoms with Gasteiger partial charge in [-0.1, -0.05) is 25.0 Å². The topological polar surface area (TPSA) is 113 Å². The Morgan fingerprint density at radius 1 is 1.33 bits per heavy atom. The first-order chi connectivity index (χ1) is 14.5. The average molecular weight is 421 g/mol. The lowest BCUT2D eigenvalue weighted by molar-refractivity contribution is -0.113. The fourth-order valence-corrected chi connectivity index (χ4v) is 3.44. The van der Waals surface area contributed by atoms with Crippen molar-refractivity contribution in [2.75, 3.05) is 24.3 Å². The van der Waals surface area contributed by atoms with Crippen LogP contribution < -0.4 is 14.8 Å². The van der Waals surface area contributed by atoms with Crippen molar-refractivity contribution in [3.8, 4) is 17.6 Å². The van der Waals surface area contributed by atoms with Crippen molar-refractivity contribution < 1.29 is 14.3 Å². The minimum Gasteiger partial charge on any atom is -0.486 e. The first-order valence-corrected chi connectivity index (χ1v) is 10.3. The van der Waals surface area contributed by atoms with E-state index in [9.17, 15) is 10.1 Å². The fraction of sp³-hybridized carbons (Fsp3) is 0.300. The monoisotopic (exact) mass is 421 g/mol. The van der Waals surface area contributed by atoms with E-state index in [-0.39, 0.29) is 11.7 Å². The van der Waals surface area contributed by atoms with E-state index in [1.807, 2.05) is 19.9 Å². The number of aromatic amines is 1. The number of fused-ring (bicyclic) bond motifs is 2. The summed E-state index contributed by atoms with van der Waals surface area (Å²) in [6.45, 7) is 4.71. The fourth-order valence-electron chi connectivity index (χ4n) is 2.68. The van der Waals surface area contributed by atoms with Crippen LogP contribution in [0.5, 0.6) is 11.5 Å². The van der Waals surface area contributed by atoms with Gasteiger partial charge in [-0.15, -0.1) is 0 Å². The maximum atomic E-state index is 12.2. The third-order valence-electron chi connectivity index (χ3n) is 4.01. The summed E-state index contributed by atoms with van der Waals surface area (Å²) in [4.78, 5) is 16.7. The predicted octanol–water partition coefficient (Wildman–Crippen LogP) is 3.23. The lowest BCUT2D eigenvalue weighted by Gasteiger charge is -2.18. The highest BCUT2D eigenvalue weighted by molar-refractivity contribution is 8.00. The first kappa shape index (κ1) is 21.5. The van der Waals surface area contributed by atoms with Gasteiger partial charge in [-0.3, -0.25) is 9.89 Å². The molecule has 1 amide bonds. The second kappa shape index (κ2) is 10.0. The van der Waals surface area contributed by atoms with Gasteiger partial charge in [0.15, 0.2) is 11.5 Å². The Hall–Kier alpha value is -3.19. The zero-order valence-electron chi connectivity index (χ0n) is 16.7. The molecular formula is C20H20BN5O3S. The van der Waals surface area contributed by atoms with Crippen molar-refractivity contribution in [3.05, 3.63) is 35.7 Å². The number of aryl methyl sites for hydroxylation is 1. The molecule has 10 heteroatoms. The molecule has 1 aliphatic heterocycles. The number of hydrogen-bond donors (Lipinski definition) is 2. The standard InChI is InChI=1S/C18H15N5O3S.C2H5B/c1-10-14(8-20-23-10)21-17(24)9-27-18-12(7-19)4-11-5-15-16(6-13(11)22-18)26-3-2-25-15;1-2-3/h4-6,8H,2-3,9H2,1H3,(H,20,23)(H,21,24);2H2,1H3. The smallest absolute Gasteiger partial charge is 0.234 e. The van der Waals surface area contributed by atoms with Gasteiger partial charge in [-0.25, -0.2) is 4.98 Å². The van der Waals surface area contributed by atoms with Crippen molar-refractivity contribution in [2.45, 2.75) is 25.2 Å². The molecule has 4 rings (SSSR count). The van der Waals surface area contributed by atoms with E-state index in [0.29, 0.717) is 46.5 Å². The quantitative estimate of drug-likeness (QED) is 0.491. The van der Waals surface area contributed by atoms with Crippen LogP contribution in [0, 0.1) is 18.3 Å². The highest BCUT2D eigenvalue weighted by atomic mass is 32.2. The van der Waals surface area contributed by atoms with Gasteiger partial charge in [0.25, 0.3) is 0 Å². The maximum Gasteiger partial charge on any atom is 0.234 e. The number of carbonyl (C=O) groups excluding carboxylic acids is 1. The van der Waals surface area contributed by atoms with Crippen molar-refractivity contribution in [2.24, 2.45) is 0 Å². The third-order valence-corrected chi connectivity index (χ3v) is 5.00. The number of anilines is 1. The molecule has 0 atom stereocenters. The van der Waals surface area contributed by atoms with Gasteiger partial charge in [0.1, 0.15) is 24.3 Å². The molecular weight excluding hydrogens is 401 g/mol. The number of amides is 1. The van der Waals surface area contributed by atoms with Gasteiger partial charge >= 0.3 is 0 Å². The van der Waals surface area contributed by atoms with Crippen LogP contribution in [0.2, 0.25) is 6.32 Å². The summed E-state index contributed by atoms with van der Waals surface area (Å²) in [6.07, 6.45) is 2.30. The summed E-state index contributed by atoms with van der Waals surface area (Å²) >= 11 is 1.21. The molecule has 0 saturated heterocycles. The van der Waals surface area contributed by atoms with Crippen LogP contribution in [0.1, 0.15) is 18.2 Å². The zero-order valence-corrected chi connectivity index (χ0v) is 17.5. The largest absolute Gasteiger partial charge is 0.486 e. The number of thioether (sulfide) groups is 1. The number of H-pyrrole nitrogens is 1. The van der Waals surface area contributed by atoms with Crippen LogP contribution >= 0.6 is 11.8 Å². The molecule has 2 N–H and O–H groups in total. The normalized spacial score (nSPS) is 11.9. The molecule has 0 aliphatic carbocycles. The summed E-state index contributed by atoms with van der Waals surface area (Å²) in [5.41, 5.74) is 2.52. The van der Waals surface area contributed by atoms with E-state index < -0.39 is 0 Å². The lowest BCUT2D eigenvalue weighted by Crippen LogP contribution is -2.15. The number of hydrogen-bond acceptors (Lipinski definition) is 7. The van der Waals surface area contributed by atoms with Crippen LogP contribution in [0.4, 0.5) is 5.69 Å². The Bertz CT molecular complexity index is 1100. The van der Waals surface area contributed by atoms with Crippen LogP contribution in [0.3, 0.4) is 0 Å². The highest BCUT2D eigenvalue weighted by Crippen LogP contribution is 2.35. The van der Waals surface area contributed by atoms with E-state index in [1.165, 1.54) is 11.8 Å². The Balaban J connectivity index is 0.000000806. The lowest BCUT2D eigenvalue weighted by atomic mass is 10.1. The minimum atomic E-state index is -0.197. The van der Waals surface area contributed by atoms with Crippen LogP contribution in [0.15, 0.2) is 29.4 Å². The van der Waals surface area contributed by atoms with Gasteiger partial charge in [0, 0.05) is 11.5 Å². The summed E-state index contributed by atoms with van der Waals surface area (Å²) < 4.78 is 11.2. The number of rotatable bonds is 4. The number of pyridine rings is 1. The molecule has 3 aromatic rings. The maximum absolute atomic E-state index is 12.2. The molecule has 152 valence electrons. The molecule has 0 fully saturated rings. The Labute approximate surface area is 179 Å². The number of carbonyl (C=O) groups is 1. The highest BCUT2D eigenvalue weighted by Gasteiger charge is 2.16. The summed E-state index contributed by atoms with van der Waals surface area (Å²) in [7, 11) is 4.85. The Morgan fingerprint density at radius 3 is 2.67 bits per heavy atom. The SMILES string of the molecule is Cc1[nH]ncc1NC(=O)CSc1nc2cc3c(cc2cc1C#N)OCCO3.[B]CC. The molecule has 2 aromatic heterocycles. The molecule has 0 bridgehead atoms. The molecule has 1 aromatic carbocycles. The van der Waals surface area contributed by atoms with Gasteiger partial charge < -0.3 is 14.8 Å². The average Bonchev–Trinajstić information content (AvgIpc) is 3.14. The van der Waals surface area contributed by atoms with Gasteiger partial charge in [0.05, 0.1) is 42.3 Å². The van der Waals surface area contributed by atoms with Crippen molar-refractivity contribution >= 4 is 42.1 Å².